The van der Waals surface area contributed by atoms with Gasteiger partial charge in [-0.2, -0.15) is 0 Å². The topological polar surface area (TPSA) is 77.0 Å². The van der Waals surface area contributed by atoms with Crippen molar-refractivity contribution < 1.29 is 24.1 Å². The lowest BCUT2D eigenvalue weighted by molar-refractivity contribution is -0.112. The zero-order valence-corrected chi connectivity index (χ0v) is 18.7. The molecule has 0 radical (unpaired) electrons. The van der Waals surface area contributed by atoms with Crippen LogP contribution in [0.4, 0.5) is 4.79 Å². The van der Waals surface area contributed by atoms with Crippen molar-refractivity contribution in [3.63, 3.8) is 0 Å². The van der Waals surface area contributed by atoms with Gasteiger partial charge in [0.05, 0.1) is 19.3 Å². The monoisotopic (exact) mass is 417 g/mol. The average molecular weight is 418 g/mol. The summed E-state index contributed by atoms with van der Waals surface area (Å²) >= 11 is 0. The molecular weight excluding hydrogens is 382 g/mol. The van der Waals surface area contributed by atoms with Gasteiger partial charge in [0, 0.05) is 13.2 Å². The summed E-state index contributed by atoms with van der Waals surface area (Å²) in [4.78, 5) is 12.6. The highest BCUT2D eigenvalue weighted by Crippen LogP contribution is 2.24. The molecule has 30 heavy (non-hydrogen) atoms. The van der Waals surface area contributed by atoms with Gasteiger partial charge in [-0.05, 0) is 57.4 Å². The third-order valence-electron chi connectivity index (χ3n) is 4.76. The fraction of sp³-hybridized carbons (Fsp3) is 0.542. The standard InChI is InChI=1S/C24H35NO5/c1-6-28-16-24(27,17-29-7-2)21(25-22(26)30-23(3,4)5)15-19-13-10-12-18-11-8-9-14-20(18)19/h8-14,21,27H,6-7,15-17H2,1-5H3,(H,25,26). The van der Waals surface area contributed by atoms with Crippen LogP contribution in [0.15, 0.2) is 42.5 Å². The summed E-state index contributed by atoms with van der Waals surface area (Å²) in [5, 5.41) is 16.5. The van der Waals surface area contributed by atoms with Crippen molar-refractivity contribution in [1.29, 1.82) is 0 Å². The number of carbonyl (C=O) groups excluding carboxylic acids is 1. The third kappa shape index (κ3) is 6.97. The van der Waals surface area contributed by atoms with Crippen LogP contribution in [0.25, 0.3) is 10.8 Å². The second kappa shape index (κ2) is 10.8. The number of benzene rings is 2. The third-order valence-corrected chi connectivity index (χ3v) is 4.76. The predicted octanol–water partition coefficient (Wildman–Crippen LogP) is 4.08. The molecule has 2 aromatic carbocycles. The molecule has 0 spiro atoms. The van der Waals surface area contributed by atoms with Crippen molar-refractivity contribution in [2.24, 2.45) is 0 Å². The number of rotatable bonds is 10. The summed E-state index contributed by atoms with van der Waals surface area (Å²) in [6.45, 7) is 10.1. The fourth-order valence-corrected chi connectivity index (χ4v) is 3.32. The molecule has 2 rings (SSSR count). The Hall–Kier alpha value is -2.15. The lowest BCUT2D eigenvalue weighted by Gasteiger charge is -2.37. The molecule has 0 bridgehead atoms. The van der Waals surface area contributed by atoms with E-state index in [0.29, 0.717) is 19.6 Å². The van der Waals surface area contributed by atoms with Gasteiger partial charge < -0.3 is 24.6 Å². The van der Waals surface area contributed by atoms with Crippen LogP contribution in [-0.4, -0.2) is 54.9 Å². The molecule has 0 aliphatic carbocycles. The molecule has 1 unspecified atom stereocenters. The van der Waals surface area contributed by atoms with Crippen molar-refractivity contribution in [3.05, 3.63) is 48.0 Å². The molecule has 6 nitrogen and oxygen atoms in total. The second-order valence-corrected chi connectivity index (χ2v) is 8.42. The first-order valence-corrected chi connectivity index (χ1v) is 10.5. The second-order valence-electron chi connectivity index (χ2n) is 8.42. The van der Waals surface area contributed by atoms with Gasteiger partial charge in [0.2, 0.25) is 0 Å². The van der Waals surface area contributed by atoms with Gasteiger partial charge in [0.15, 0.2) is 0 Å². The average Bonchev–Trinajstić information content (AvgIpc) is 2.69. The smallest absolute Gasteiger partial charge is 0.407 e. The molecule has 0 saturated heterocycles. The van der Waals surface area contributed by atoms with E-state index in [9.17, 15) is 9.90 Å². The van der Waals surface area contributed by atoms with Crippen molar-refractivity contribution in [1.82, 2.24) is 5.32 Å². The number of aliphatic hydroxyl groups is 1. The molecule has 0 aliphatic rings. The lowest BCUT2D eigenvalue weighted by Crippen LogP contribution is -2.59. The number of carbonyl (C=O) groups is 1. The Morgan fingerprint density at radius 3 is 2.20 bits per heavy atom. The minimum Gasteiger partial charge on any atom is -0.444 e. The Kier molecular flexibility index (Phi) is 8.65. The summed E-state index contributed by atoms with van der Waals surface area (Å²) in [6.07, 6.45) is -0.184. The zero-order chi connectivity index (χ0) is 22.2. The molecule has 0 heterocycles. The van der Waals surface area contributed by atoms with Crippen LogP contribution in [0.3, 0.4) is 0 Å². The Labute approximate surface area is 179 Å². The molecule has 0 aliphatic heterocycles. The minimum atomic E-state index is -1.42. The van der Waals surface area contributed by atoms with E-state index in [1.165, 1.54) is 0 Å². The van der Waals surface area contributed by atoms with Crippen LogP contribution in [0, 0.1) is 0 Å². The summed E-state index contributed by atoms with van der Waals surface area (Å²) in [5.41, 5.74) is -1.05. The Bertz CT molecular complexity index is 801. The molecule has 6 heteroatoms. The van der Waals surface area contributed by atoms with E-state index in [1.807, 2.05) is 56.3 Å². The summed E-state index contributed by atoms with van der Waals surface area (Å²) in [7, 11) is 0. The predicted molar refractivity (Wildman–Crippen MR) is 119 cm³/mol. The minimum absolute atomic E-state index is 0.0364. The number of hydrogen-bond donors (Lipinski definition) is 2. The maximum absolute atomic E-state index is 12.6. The Balaban J connectivity index is 2.38. The van der Waals surface area contributed by atoms with E-state index in [4.69, 9.17) is 14.2 Å². The zero-order valence-electron chi connectivity index (χ0n) is 18.7. The van der Waals surface area contributed by atoms with Crippen molar-refractivity contribution in [3.8, 4) is 0 Å². The van der Waals surface area contributed by atoms with Gasteiger partial charge >= 0.3 is 6.09 Å². The molecule has 1 amide bonds. The first-order chi connectivity index (χ1) is 14.2. The molecule has 166 valence electrons. The SMILES string of the molecule is CCOCC(O)(COCC)C(Cc1cccc2ccccc12)NC(=O)OC(C)(C)C. The van der Waals surface area contributed by atoms with Crippen LogP contribution >= 0.6 is 0 Å². The Morgan fingerprint density at radius 1 is 1.00 bits per heavy atom. The molecule has 2 N–H and O–H groups in total. The largest absolute Gasteiger partial charge is 0.444 e. The van der Waals surface area contributed by atoms with Gasteiger partial charge in [0.25, 0.3) is 0 Å². The van der Waals surface area contributed by atoms with E-state index in [2.05, 4.69) is 5.32 Å². The maximum Gasteiger partial charge on any atom is 0.407 e. The number of alkyl carbamates (subject to hydrolysis) is 1. The highest BCUT2D eigenvalue weighted by atomic mass is 16.6. The van der Waals surface area contributed by atoms with E-state index >= 15 is 0 Å². The molecule has 1 atom stereocenters. The number of nitrogens with one attached hydrogen (secondary N) is 1. The van der Waals surface area contributed by atoms with Gasteiger partial charge in [-0.1, -0.05) is 42.5 Å². The maximum atomic E-state index is 12.6. The van der Waals surface area contributed by atoms with Gasteiger partial charge in [-0.15, -0.1) is 0 Å². The van der Waals surface area contributed by atoms with Crippen LogP contribution in [0.2, 0.25) is 0 Å². The first-order valence-electron chi connectivity index (χ1n) is 10.5. The van der Waals surface area contributed by atoms with Crippen LogP contribution < -0.4 is 5.32 Å². The highest BCUT2D eigenvalue weighted by Gasteiger charge is 2.39. The van der Waals surface area contributed by atoms with E-state index < -0.39 is 23.3 Å². The van der Waals surface area contributed by atoms with Gasteiger partial charge in [-0.3, -0.25) is 0 Å². The molecule has 0 aromatic heterocycles. The van der Waals surface area contributed by atoms with Gasteiger partial charge in [-0.25, -0.2) is 4.79 Å². The van der Waals surface area contributed by atoms with Crippen LogP contribution in [0.5, 0.6) is 0 Å². The summed E-state index contributed by atoms with van der Waals surface area (Å²) in [5.74, 6) is 0. The van der Waals surface area contributed by atoms with E-state index in [1.54, 1.807) is 20.8 Å². The van der Waals surface area contributed by atoms with Crippen LogP contribution in [0.1, 0.15) is 40.2 Å². The number of ether oxygens (including phenoxy) is 3. The quantitative estimate of drug-likeness (QED) is 0.609. The lowest BCUT2D eigenvalue weighted by atomic mass is 9.88. The number of fused-ring (bicyclic) bond motifs is 1. The fourth-order valence-electron chi connectivity index (χ4n) is 3.32. The van der Waals surface area contributed by atoms with E-state index in [-0.39, 0.29) is 13.2 Å². The van der Waals surface area contributed by atoms with Crippen molar-refractivity contribution >= 4 is 16.9 Å². The van der Waals surface area contributed by atoms with Crippen LogP contribution in [-0.2, 0) is 20.6 Å². The summed E-state index contributed by atoms with van der Waals surface area (Å²) in [6, 6.07) is 13.4. The molecule has 0 fully saturated rings. The van der Waals surface area contributed by atoms with Gasteiger partial charge in [0.1, 0.15) is 11.2 Å². The Morgan fingerprint density at radius 2 is 1.60 bits per heavy atom. The first kappa shape index (κ1) is 24.1. The number of amides is 1. The summed E-state index contributed by atoms with van der Waals surface area (Å²) < 4.78 is 16.6. The molecular formula is C24H35NO5. The normalized spacial score (nSPS) is 13.3. The molecule has 2 aromatic rings. The van der Waals surface area contributed by atoms with Crippen molar-refractivity contribution in [2.75, 3.05) is 26.4 Å². The number of hydrogen-bond acceptors (Lipinski definition) is 5. The highest BCUT2D eigenvalue weighted by molar-refractivity contribution is 5.85. The molecule has 0 saturated carbocycles. The van der Waals surface area contributed by atoms with Crippen molar-refractivity contribution in [2.45, 2.75) is 58.3 Å². The van der Waals surface area contributed by atoms with E-state index in [0.717, 1.165) is 16.3 Å².